The zero-order valence-corrected chi connectivity index (χ0v) is 28.3. The Morgan fingerprint density at radius 3 is 1.74 bits per heavy atom. The number of rotatable bonds is 8. The number of aromatic nitrogens is 8. The summed E-state index contributed by atoms with van der Waals surface area (Å²) in [5, 5.41) is 73.4. The Hall–Kier alpha value is -4.69. The number of nitrogen functional groups attached to an aromatic ring is 2. The molecule has 2 saturated heterocycles. The van der Waals surface area contributed by atoms with Crippen molar-refractivity contribution in [2.24, 2.45) is 10.2 Å². The number of fused-ring (bicyclic) bond motifs is 2. The van der Waals surface area contributed by atoms with E-state index < -0.39 is 69.4 Å². The number of imidazole rings is 2. The predicted octanol–water partition coefficient (Wildman–Crippen LogP) is -2.97. The van der Waals surface area contributed by atoms with Crippen LogP contribution in [0.4, 0.5) is 11.6 Å². The highest BCUT2D eigenvalue weighted by Crippen LogP contribution is 2.44. The first-order chi connectivity index (χ1) is 25.1. The van der Waals surface area contributed by atoms with Crippen molar-refractivity contribution in [3.63, 3.8) is 0 Å². The maximum atomic E-state index is 11.6. The lowest BCUT2D eigenvalue weighted by molar-refractivity contribution is -0.171. The molecule has 1 aromatic carbocycles. The molecule has 2 aliphatic rings. The Balaban J connectivity index is 0.000000902. The van der Waals surface area contributed by atoms with Gasteiger partial charge in [-0.15, -0.1) is 10.2 Å². The number of nitrogens with zero attached hydrogens (tertiary/aromatic N) is 10. The van der Waals surface area contributed by atoms with E-state index >= 15 is 0 Å². The van der Waals surface area contributed by atoms with Gasteiger partial charge in [0.1, 0.15) is 54.4 Å². The second-order valence-corrected chi connectivity index (χ2v) is 12.9. The molecule has 0 unspecified atom stereocenters. The highest BCUT2D eigenvalue weighted by molar-refractivity contribution is 7.45. The van der Waals surface area contributed by atoms with E-state index in [-0.39, 0.29) is 39.8 Å². The lowest BCUT2D eigenvalue weighted by Gasteiger charge is -2.32. The fourth-order valence-electron chi connectivity index (χ4n) is 5.93. The second kappa shape index (κ2) is 14.3. The van der Waals surface area contributed by atoms with E-state index in [4.69, 9.17) is 40.2 Å². The lowest BCUT2D eigenvalue weighted by Crippen LogP contribution is -2.47. The molecule has 24 nitrogen and oxygen atoms in total. The number of nitrogens with two attached hydrogens (primary N) is 2. The lowest BCUT2D eigenvalue weighted by atomic mass is 10.1. The van der Waals surface area contributed by atoms with Crippen molar-refractivity contribution in [3.8, 4) is 11.4 Å². The predicted molar refractivity (Wildman–Crippen MR) is 177 cm³/mol. The van der Waals surface area contributed by atoms with Crippen LogP contribution >= 0.6 is 7.82 Å². The zero-order valence-electron chi connectivity index (χ0n) is 27.5. The van der Waals surface area contributed by atoms with Crippen molar-refractivity contribution >= 4 is 41.8 Å². The normalized spacial score (nSPS) is 28.9. The maximum Gasteiger partial charge on any atom is 0.466 e. The number of ether oxygens (including phenoxy) is 2. The number of phosphoric acid groups is 1. The number of anilines is 2. The van der Waals surface area contributed by atoms with Gasteiger partial charge in [-0.05, 0) is 12.0 Å². The van der Waals surface area contributed by atoms with E-state index in [1.807, 2.05) is 31.2 Å². The highest BCUT2D eigenvalue weighted by Gasteiger charge is 2.61. The van der Waals surface area contributed by atoms with Crippen LogP contribution in [0.2, 0.25) is 0 Å². The van der Waals surface area contributed by atoms with E-state index in [0.717, 1.165) is 33.8 Å². The Morgan fingerprint density at radius 1 is 0.774 bits per heavy atom. The minimum Gasteiger partial charge on any atom is -0.394 e. The van der Waals surface area contributed by atoms with Gasteiger partial charge in [0.05, 0.1) is 13.2 Å². The summed E-state index contributed by atoms with van der Waals surface area (Å²) in [5.41, 5.74) is 14.2. The molecular weight excluding hydrogens is 727 g/mol. The molecule has 7 rings (SSSR count). The van der Waals surface area contributed by atoms with E-state index in [9.17, 15) is 30.6 Å². The average molecular weight is 763 g/mol. The number of aliphatic hydroxyl groups excluding tert-OH is 6. The molecule has 0 amide bonds. The first-order valence-corrected chi connectivity index (χ1v) is 17.2. The number of aryl methyl sites for hydroxylation is 1. The van der Waals surface area contributed by atoms with Gasteiger partial charge >= 0.3 is 7.82 Å². The van der Waals surface area contributed by atoms with Gasteiger partial charge in [-0.25, -0.2) is 34.5 Å². The number of hydrogen-bond acceptors (Lipinski definition) is 19. The summed E-state index contributed by atoms with van der Waals surface area (Å²) in [5.74, 6) is -4.68. The monoisotopic (exact) mass is 762 g/mol. The number of benzene rings is 1. The van der Waals surface area contributed by atoms with Gasteiger partial charge in [0.25, 0.3) is 11.7 Å². The van der Waals surface area contributed by atoms with Crippen molar-refractivity contribution in [3.05, 3.63) is 48.8 Å². The molecule has 4 aromatic heterocycles. The van der Waals surface area contributed by atoms with Gasteiger partial charge in [-0.3, -0.25) is 9.13 Å². The summed E-state index contributed by atoms with van der Waals surface area (Å²) in [7, 11) is -4.64. The molecule has 2 aliphatic heterocycles. The van der Waals surface area contributed by atoms with Gasteiger partial charge in [0.15, 0.2) is 41.0 Å². The van der Waals surface area contributed by atoms with Crippen LogP contribution in [0.5, 0.6) is 0 Å². The van der Waals surface area contributed by atoms with Crippen LogP contribution < -0.4 is 11.5 Å². The molecule has 53 heavy (non-hydrogen) atoms. The third-order valence-corrected chi connectivity index (χ3v) is 8.62. The minimum absolute atomic E-state index is 0.00432. The van der Waals surface area contributed by atoms with Crippen molar-refractivity contribution in [1.82, 2.24) is 39.0 Å². The van der Waals surface area contributed by atoms with Gasteiger partial charge < -0.3 is 66.3 Å². The molecule has 2 fully saturated rings. The number of azo groups is 1. The summed E-state index contributed by atoms with van der Waals surface area (Å²) in [6.45, 7) is 0.539. The molecule has 6 heterocycles. The third-order valence-electron chi connectivity index (χ3n) is 8.62. The van der Waals surface area contributed by atoms with Crippen LogP contribution in [0.25, 0.3) is 33.7 Å². The molecule has 284 valence electrons. The number of aliphatic hydroxyl groups is 6. The van der Waals surface area contributed by atoms with Crippen LogP contribution in [0, 0.1) is 0 Å². The third kappa shape index (κ3) is 6.71. The van der Waals surface area contributed by atoms with Crippen LogP contribution in [-0.4, -0.2) is 134 Å². The van der Waals surface area contributed by atoms with Gasteiger partial charge in [-0.2, -0.15) is 0 Å². The molecule has 13 N–H and O–H groups in total. The molecule has 25 heteroatoms. The summed E-state index contributed by atoms with van der Waals surface area (Å²) in [4.78, 5) is 47.2. The van der Waals surface area contributed by atoms with E-state index in [1.165, 1.54) is 6.33 Å². The molecule has 0 bridgehead atoms. The summed E-state index contributed by atoms with van der Waals surface area (Å²) in [6.07, 6.45) is -5.75. The van der Waals surface area contributed by atoms with E-state index in [0.29, 0.717) is 5.56 Å². The van der Waals surface area contributed by atoms with Crippen LogP contribution in [0.1, 0.15) is 12.5 Å². The van der Waals surface area contributed by atoms with E-state index in [1.54, 1.807) is 0 Å². The first kappa shape index (κ1) is 38.0. The smallest absolute Gasteiger partial charge is 0.394 e. The molecule has 0 saturated carbocycles. The van der Waals surface area contributed by atoms with Gasteiger partial charge in [-0.1, -0.05) is 31.2 Å². The van der Waals surface area contributed by atoms with Crippen molar-refractivity contribution in [2.75, 3.05) is 24.7 Å². The second-order valence-electron chi connectivity index (χ2n) is 11.9. The quantitative estimate of drug-likeness (QED) is 0.0555. The molecule has 8 atom stereocenters. The fourth-order valence-corrected chi connectivity index (χ4v) is 5.93. The van der Waals surface area contributed by atoms with Crippen LogP contribution in [0.3, 0.4) is 0 Å². The minimum atomic E-state index is -4.64. The van der Waals surface area contributed by atoms with Crippen molar-refractivity contribution < 1.29 is 59.4 Å². The largest absolute Gasteiger partial charge is 0.466 e. The highest BCUT2D eigenvalue weighted by atomic mass is 31.2. The molecular formula is C28H35N12O12P. The van der Waals surface area contributed by atoms with Crippen molar-refractivity contribution in [1.29, 1.82) is 0 Å². The maximum absolute atomic E-state index is 11.6. The summed E-state index contributed by atoms with van der Waals surface area (Å²) >= 11 is 0. The number of hydrogen-bond donors (Lipinski definition) is 11. The van der Waals surface area contributed by atoms with Gasteiger partial charge in [0, 0.05) is 5.56 Å². The Morgan fingerprint density at radius 2 is 1.26 bits per heavy atom. The van der Waals surface area contributed by atoms with Crippen LogP contribution in [0.15, 0.2) is 53.5 Å². The molecule has 0 spiro atoms. The average Bonchev–Trinajstić information content (AvgIpc) is 3.88. The van der Waals surface area contributed by atoms with Crippen LogP contribution in [-0.2, 0) is 32.2 Å². The standard InChI is InChI=1S/C28H32N12O8.H3O4P/c1-2-12-3-5-13(6-4-12)24-35-23(30)17-26(36-24)40(11-34-17)28(21(46)19(44)15(8-42)48-28)38-37-27(20(45)18(43)14(7-41)47-27)39-10-33-16-22(29)31-9-32-25(16)39;1-5(2,3)4/h3-6,9-11,14-15,18-21,41-46H,2,7-8H2,1H3,(H2,29,31,32)(H2,30,35,36);(H3,1,2,3,4)/t14-,15-,18-,19-,20-,21-,27+,28+;/m1./s1. The Labute approximate surface area is 296 Å². The Kier molecular flexibility index (Phi) is 10.2. The van der Waals surface area contributed by atoms with Crippen molar-refractivity contribution in [2.45, 2.75) is 61.7 Å². The zero-order chi connectivity index (χ0) is 38.5. The summed E-state index contributed by atoms with van der Waals surface area (Å²) < 4.78 is 23.1. The molecule has 5 aromatic rings. The van der Waals surface area contributed by atoms with E-state index in [2.05, 4.69) is 40.1 Å². The Bertz CT molecular complexity index is 2180. The summed E-state index contributed by atoms with van der Waals surface area (Å²) in [6, 6.07) is 7.46. The topological polar surface area (TPSA) is 382 Å². The fraction of sp³-hybridized carbons (Fsp3) is 0.429. The first-order valence-electron chi connectivity index (χ1n) is 15.6. The molecule has 0 aliphatic carbocycles. The SMILES string of the molecule is CCc1ccc(-c2nc(N)c3ncn([C@]4(N=N[C@@]5(n6cnc7c(N)ncnc76)O[C@H](CO)[C@@H](O)[C@H]5O)O[C@H](CO)[C@@H](O)[C@H]4O)c3n2)cc1.O=P(O)(O)O. The van der Waals surface area contributed by atoms with Gasteiger partial charge in [0.2, 0.25) is 0 Å². The molecule has 0 radical (unpaired) electrons.